The number of hydrazone groups is 1. The number of amides is 1. The zero-order valence-electron chi connectivity index (χ0n) is 15.9. The summed E-state index contributed by atoms with van der Waals surface area (Å²) in [4.78, 5) is 15.6. The van der Waals surface area contributed by atoms with Crippen LogP contribution in [0.15, 0.2) is 50.0 Å². The second-order valence-corrected chi connectivity index (χ2v) is 11.3. The molecule has 2 unspecified atom stereocenters. The first-order valence-electron chi connectivity index (χ1n) is 9.59. The number of carbonyl (C=O) groups excluding carboxylic acids is 1. The molecule has 30 heavy (non-hydrogen) atoms. The van der Waals surface area contributed by atoms with Gasteiger partial charge in [-0.25, -0.2) is 5.01 Å². The van der Waals surface area contributed by atoms with Crippen molar-refractivity contribution in [2.75, 3.05) is 11.5 Å². The van der Waals surface area contributed by atoms with Crippen LogP contribution in [0.2, 0.25) is 0 Å². The van der Waals surface area contributed by atoms with Gasteiger partial charge in [-0.2, -0.15) is 5.10 Å². The van der Waals surface area contributed by atoms with Gasteiger partial charge in [-0.1, -0.05) is 35.2 Å². The predicted octanol–water partition coefficient (Wildman–Crippen LogP) is 5.16. The highest BCUT2D eigenvalue weighted by molar-refractivity contribution is 8.01. The molecule has 0 radical (unpaired) electrons. The number of aromatic nitrogens is 2. The van der Waals surface area contributed by atoms with Crippen LogP contribution in [0, 0.1) is 5.92 Å². The van der Waals surface area contributed by atoms with Crippen molar-refractivity contribution in [2.45, 2.75) is 29.6 Å². The smallest absolute Gasteiger partial charge is 0.253 e. The summed E-state index contributed by atoms with van der Waals surface area (Å²) in [5, 5.41) is 19.0. The lowest BCUT2D eigenvalue weighted by Crippen LogP contribution is -2.32. The van der Waals surface area contributed by atoms with Crippen molar-refractivity contribution in [1.82, 2.24) is 15.2 Å². The molecule has 1 aliphatic heterocycles. The Bertz CT molecular complexity index is 1090. The van der Waals surface area contributed by atoms with E-state index in [1.54, 1.807) is 27.7 Å². The number of thiophene rings is 2. The van der Waals surface area contributed by atoms with Crippen LogP contribution in [0.25, 0.3) is 6.08 Å². The number of hydrogen-bond acceptors (Lipinski definition) is 9. The maximum absolute atomic E-state index is 13.2. The van der Waals surface area contributed by atoms with Crippen molar-refractivity contribution in [3.8, 4) is 0 Å². The summed E-state index contributed by atoms with van der Waals surface area (Å²) in [6.07, 6.45) is 5.41. The Kier molecular flexibility index (Phi) is 5.72. The van der Waals surface area contributed by atoms with E-state index >= 15 is 0 Å². The van der Waals surface area contributed by atoms with Gasteiger partial charge in [-0.15, -0.1) is 32.9 Å². The quantitative estimate of drug-likeness (QED) is 0.518. The van der Waals surface area contributed by atoms with Crippen LogP contribution in [-0.4, -0.2) is 32.6 Å². The first-order valence-corrected chi connectivity index (χ1v) is 13.2. The predicted molar refractivity (Wildman–Crippen MR) is 126 cm³/mol. The molecule has 3 aromatic heterocycles. The van der Waals surface area contributed by atoms with Gasteiger partial charge in [0.2, 0.25) is 5.13 Å². The molecule has 10 heteroatoms. The van der Waals surface area contributed by atoms with Gasteiger partial charge in [0, 0.05) is 15.7 Å². The highest BCUT2D eigenvalue weighted by Gasteiger charge is 2.44. The fourth-order valence-electron chi connectivity index (χ4n) is 3.96. The molecule has 0 spiro atoms. The molecule has 0 bridgehead atoms. The van der Waals surface area contributed by atoms with Gasteiger partial charge < -0.3 is 5.73 Å². The van der Waals surface area contributed by atoms with Gasteiger partial charge in [0.25, 0.3) is 5.91 Å². The van der Waals surface area contributed by atoms with Crippen molar-refractivity contribution in [2.24, 2.45) is 11.0 Å². The van der Waals surface area contributed by atoms with Crippen LogP contribution in [0.1, 0.15) is 35.1 Å². The fraction of sp³-hybridized carbons (Fsp3) is 0.300. The minimum absolute atomic E-state index is 0.00968. The maximum Gasteiger partial charge on any atom is 0.253 e. The van der Waals surface area contributed by atoms with Crippen molar-refractivity contribution in [3.05, 3.63) is 50.4 Å². The monoisotopic (exact) mass is 473 g/mol. The van der Waals surface area contributed by atoms with Gasteiger partial charge >= 0.3 is 0 Å². The van der Waals surface area contributed by atoms with Gasteiger partial charge in [0.15, 0.2) is 4.34 Å². The van der Waals surface area contributed by atoms with Crippen LogP contribution in [0.3, 0.4) is 0 Å². The van der Waals surface area contributed by atoms with E-state index in [9.17, 15) is 4.79 Å². The first-order chi connectivity index (χ1) is 14.7. The summed E-state index contributed by atoms with van der Waals surface area (Å²) in [6.45, 7) is 0. The number of anilines is 1. The molecular formula is C20H19N5OS4. The Hall–Kier alpha value is -2.01. The molecule has 6 nitrogen and oxygen atoms in total. The van der Waals surface area contributed by atoms with Crippen LogP contribution in [0.4, 0.5) is 5.13 Å². The Labute approximate surface area is 190 Å². The highest BCUT2D eigenvalue weighted by Crippen LogP contribution is 2.46. The number of hydrogen-bond donors (Lipinski definition) is 1. The summed E-state index contributed by atoms with van der Waals surface area (Å²) in [7, 11) is 0. The third-order valence-corrected chi connectivity index (χ3v) is 8.83. The summed E-state index contributed by atoms with van der Waals surface area (Å²) in [5.41, 5.74) is 7.99. The van der Waals surface area contributed by atoms with E-state index in [0.717, 1.165) is 25.0 Å². The number of nitrogen functional groups attached to an aromatic ring is 1. The average Bonchev–Trinajstić information content (AvgIpc) is 3.52. The van der Waals surface area contributed by atoms with Crippen LogP contribution in [-0.2, 0) is 4.79 Å². The molecule has 154 valence electrons. The number of nitrogens with two attached hydrogens (primary N) is 1. The minimum Gasteiger partial charge on any atom is -0.374 e. The number of nitrogens with zero attached hydrogens (tertiary/aromatic N) is 4. The molecule has 4 heterocycles. The van der Waals surface area contributed by atoms with E-state index in [4.69, 9.17) is 10.8 Å². The van der Waals surface area contributed by atoms with Crippen molar-refractivity contribution in [3.63, 3.8) is 0 Å². The van der Waals surface area contributed by atoms with Gasteiger partial charge in [0.05, 0.1) is 17.5 Å². The van der Waals surface area contributed by atoms with Crippen LogP contribution in [0.5, 0.6) is 0 Å². The molecule has 1 aliphatic carbocycles. The molecule has 0 aromatic carbocycles. The summed E-state index contributed by atoms with van der Waals surface area (Å²) in [5.74, 6) is 0.503. The molecule has 2 N–H and O–H groups in total. The fourth-order valence-corrected chi connectivity index (χ4v) is 7.00. The number of fused-ring (bicyclic) bond motifs is 1. The van der Waals surface area contributed by atoms with Gasteiger partial charge in [-0.05, 0) is 53.8 Å². The SMILES string of the molecule is Nc1nnc(SCC(=O)N2N=C3/C(=C\c4cccs4)CCCC3C2c2cccs2)s1. The van der Waals surface area contributed by atoms with E-state index in [0.29, 0.717) is 9.47 Å². The summed E-state index contributed by atoms with van der Waals surface area (Å²) < 4.78 is 0.705. The Morgan fingerprint density at radius 3 is 2.87 bits per heavy atom. The van der Waals surface area contributed by atoms with E-state index in [1.165, 1.54) is 38.4 Å². The number of allylic oxidation sites excluding steroid dienone is 1. The first kappa shape index (κ1) is 19.9. The van der Waals surface area contributed by atoms with Crippen LogP contribution >= 0.6 is 45.8 Å². The number of carbonyl (C=O) groups is 1. The average molecular weight is 474 g/mol. The minimum atomic E-state index is -0.0281. The van der Waals surface area contributed by atoms with E-state index in [-0.39, 0.29) is 23.6 Å². The van der Waals surface area contributed by atoms with Gasteiger partial charge in [0.1, 0.15) is 0 Å². The molecule has 3 aromatic rings. The highest BCUT2D eigenvalue weighted by atomic mass is 32.2. The maximum atomic E-state index is 13.2. The standard InChI is InChI=1S/C20H19N5OS4/c21-19-22-23-20(30-19)29-11-16(26)25-18(15-7-3-9-28-15)14-6-1-4-12(17(14)24-25)10-13-5-2-8-27-13/h2-3,5,7-10,14,18H,1,4,6,11H2,(H2,21,22)/b12-10-. The van der Waals surface area contributed by atoms with E-state index < -0.39 is 0 Å². The molecule has 1 saturated carbocycles. The molecule has 2 aliphatic rings. The van der Waals surface area contributed by atoms with E-state index in [1.807, 2.05) is 6.07 Å². The zero-order valence-corrected chi connectivity index (χ0v) is 19.2. The zero-order chi connectivity index (χ0) is 20.5. The lowest BCUT2D eigenvalue weighted by molar-refractivity contribution is -0.130. The Morgan fingerprint density at radius 2 is 2.13 bits per heavy atom. The Balaban J connectivity index is 1.44. The van der Waals surface area contributed by atoms with Crippen LogP contribution < -0.4 is 5.73 Å². The second kappa shape index (κ2) is 8.62. The largest absolute Gasteiger partial charge is 0.374 e. The second-order valence-electron chi connectivity index (χ2n) is 7.06. The molecule has 5 rings (SSSR count). The molecule has 2 atom stereocenters. The van der Waals surface area contributed by atoms with Gasteiger partial charge in [-0.3, -0.25) is 4.79 Å². The third kappa shape index (κ3) is 3.96. The summed E-state index contributed by atoms with van der Waals surface area (Å²) >= 11 is 6.09. The lowest BCUT2D eigenvalue weighted by atomic mass is 9.79. The third-order valence-electron chi connectivity index (χ3n) is 5.19. The normalized spacial score (nSPS) is 22.3. The molecular weight excluding hydrogens is 455 g/mol. The Morgan fingerprint density at radius 1 is 1.27 bits per heavy atom. The summed E-state index contributed by atoms with van der Waals surface area (Å²) in [6, 6.07) is 8.32. The molecule has 1 amide bonds. The lowest BCUT2D eigenvalue weighted by Gasteiger charge is -2.28. The topological polar surface area (TPSA) is 84.5 Å². The van der Waals surface area contributed by atoms with Crippen molar-refractivity contribution < 1.29 is 4.79 Å². The number of thioether (sulfide) groups is 1. The van der Waals surface area contributed by atoms with Crippen molar-refractivity contribution in [1.29, 1.82) is 0 Å². The molecule has 0 saturated heterocycles. The van der Waals surface area contributed by atoms with E-state index in [2.05, 4.69) is 45.2 Å². The molecule has 1 fully saturated rings. The number of rotatable bonds is 5. The van der Waals surface area contributed by atoms with Crippen molar-refractivity contribution >= 4 is 68.6 Å².